The summed E-state index contributed by atoms with van der Waals surface area (Å²) in [5, 5.41) is 2.56. The lowest BCUT2D eigenvalue weighted by Gasteiger charge is -2.09. The first kappa shape index (κ1) is 14.8. The van der Waals surface area contributed by atoms with E-state index in [0.29, 0.717) is 0 Å². The maximum Gasteiger partial charge on any atom is 0.412 e. The minimum absolute atomic E-state index is 0.0994. The molecule has 0 saturated carbocycles. The number of rotatable bonds is 3. The van der Waals surface area contributed by atoms with Crippen LogP contribution in [-0.4, -0.2) is 6.09 Å². The summed E-state index contributed by atoms with van der Waals surface area (Å²) in [4.78, 5) is 11.6. The number of ether oxygens (including phenoxy) is 1. The van der Waals surface area contributed by atoms with E-state index in [9.17, 15) is 9.18 Å². The molecule has 0 radical (unpaired) electrons. The van der Waals surface area contributed by atoms with Gasteiger partial charge in [0.15, 0.2) is 0 Å². The molecule has 104 valence electrons. The molecule has 0 unspecified atom stereocenters. The van der Waals surface area contributed by atoms with Crippen LogP contribution in [0.1, 0.15) is 5.56 Å². The van der Waals surface area contributed by atoms with Crippen molar-refractivity contribution in [3.8, 4) is 0 Å². The van der Waals surface area contributed by atoms with Crippen molar-refractivity contribution in [1.82, 2.24) is 0 Å². The number of hydrogen-bond acceptors (Lipinski definition) is 2. The highest BCUT2D eigenvalue weighted by molar-refractivity contribution is 9.10. The number of amides is 1. The first-order valence-corrected chi connectivity index (χ1v) is 6.85. The quantitative estimate of drug-likeness (QED) is 0.785. The van der Waals surface area contributed by atoms with Crippen molar-refractivity contribution in [3.63, 3.8) is 0 Å². The molecule has 0 fully saturated rings. The molecule has 0 aliphatic heterocycles. The number of carbonyl (C=O) groups is 1. The molecule has 2 rings (SSSR count). The zero-order valence-corrected chi connectivity index (χ0v) is 12.5. The molecule has 1 amide bonds. The van der Waals surface area contributed by atoms with E-state index in [1.54, 1.807) is 0 Å². The van der Waals surface area contributed by atoms with E-state index >= 15 is 0 Å². The van der Waals surface area contributed by atoms with Crippen LogP contribution in [0.5, 0.6) is 0 Å². The summed E-state index contributed by atoms with van der Waals surface area (Å²) < 4.78 is 18.4. The summed E-state index contributed by atoms with van der Waals surface area (Å²) >= 11 is 8.85. The molecule has 2 aromatic carbocycles. The molecule has 0 bridgehead atoms. The van der Waals surface area contributed by atoms with E-state index in [2.05, 4.69) is 21.2 Å². The fourth-order valence-corrected chi connectivity index (χ4v) is 2.03. The van der Waals surface area contributed by atoms with Gasteiger partial charge in [-0.05, 0) is 33.6 Å². The monoisotopic (exact) mass is 357 g/mol. The lowest BCUT2D eigenvalue weighted by Crippen LogP contribution is -2.14. The molecule has 0 aromatic heterocycles. The van der Waals surface area contributed by atoms with Gasteiger partial charge in [0.2, 0.25) is 0 Å². The number of carbonyl (C=O) groups excluding carboxylic acids is 1. The normalized spacial score (nSPS) is 10.2. The number of halogens is 3. The number of anilines is 1. The number of nitrogens with one attached hydrogen (secondary N) is 1. The lowest BCUT2D eigenvalue weighted by atomic mass is 10.2. The van der Waals surface area contributed by atoms with Gasteiger partial charge < -0.3 is 4.74 Å². The highest BCUT2D eigenvalue weighted by atomic mass is 79.9. The van der Waals surface area contributed by atoms with Crippen molar-refractivity contribution in [1.29, 1.82) is 0 Å². The number of benzene rings is 2. The largest absolute Gasteiger partial charge is 0.444 e. The molecule has 1 N–H and O–H groups in total. The maximum atomic E-state index is 13.2. The van der Waals surface area contributed by atoms with Gasteiger partial charge in [0, 0.05) is 0 Å². The summed E-state index contributed by atoms with van der Waals surface area (Å²) in [5.41, 5.74) is 1.15. The van der Waals surface area contributed by atoms with Gasteiger partial charge in [0.25, 0.3) is 0 Å². The Labute approximate surface area is 128 Å². The third-order valence-electron chi connectivity index (χ3n) is 2.46. The summed E-state index contributed by atoms with van der Waals surface area (Å²) in [6.45, 7) is 0.145. The first-order chi connectivity index (χ1) is 9.56. The average molecular weight is 359 g/mol. The first-order valence-electron chi connectivity index (χ1n) is 5.68. The lowest BCUT2D eigenvalue weighted by molar-refractivity contribution is 0.155. The van der Waals surface area contributed by atoms with Crippen molar-refractivity contribution in [2.45, 2.75) is 6.61 Å². The average Bonchev–Trinajstić information content (AvgIpc) is 2.44. The van der Waals surface area contributed by atoms with Gasteiger partial charge >= 0.3 is 6.09 Å². The van der Waals surface area contributed by atoms with Crippen LogP contribution < -0.4 is 5.32 Å². The molecule has 0 saturated heterocycles. The predicted molar refractivity (Wildman–Crippen MR) is 79.4 cm³/mol. The highest BCUT2D eigenvalue weighted by Crippen LogP contribution is 2.28. The smallest absolute Gasteiger partial charge is 0.412 e. The molecule has 2 aromatic rings. The van der Waals surface area contributed by atoms with Crippen LogP contribution in [0.15, 0.2) is 46.9 Å². The predicted octanol–water partition coefficient (Wildman–Crippen LogP) is 4.99. The standard InChI is InChI=1S/C14H10BrClFNO2/c15-10-6-13(11(16)7-12(10)17)18-14(19)20-8-9-4-2-1-3-5-9/h1-7H,8H2,(H,18,19). The molecule has 0 aliphatic rings. The van der Waals surface area contributed by atoms with Gasteiger partial charge in [-0.15, -0.1) is 0 Å². The molecule has 0 aliphatic carbocycles. The van der Waals surface area contributed by atoms with E-state index in [0.717, 1.165) is 11.6 Å². The molecule has 0 atom stereocenters. The third-order valence-corrected chi connectivity index (χ3v) is 3.38. The Morgan fingerprint density at radius 2 is 2.00 bits per heavy atom. The zero-order valence-electron chi connectivity index (χ0n) is 10.2. The molecule has 3 nitrogen and oxygen atoms in total. The Kier molecular flexibility index (Phi) is 4.98. The van der Waals surface area contributed by atoms with Crippen molar-refractivity contribution in [2.75, 3.05) is 5.32 Å². The van der Waals surface area contributed by atoms with E-state index in [1.807, 2.05) is 30.3 Å². The van der Waals surface area contributed by atoms with Crippen LogP contribution in [0.25, 0.3) is 0 Å². The minimum atomic E-state index is -0.658. The third kappa shape index (κ3) is 3.95. The fraction of sp³-hybridized carbons (Fsp3) is 0.0714. The van der Waals surface area contributed by atoms with Crippen molar-refractivity contribution in [3.05, 3.63) is 63.3 Å². The van der Waals surface area contributed by atoms with Crippen molar-refractivity contribution in [2.24, 2.45) is 0 Å². The second-order valence-corrected chi connectivity index (χ2v) is 5.19. The van der Waals surface area contributed by atoms with Gasteiger partial charge in [0.05, 0.1) is 15.2 Å². The van der Waals surface area contributed by atoms with E-state index in [4.69, 9.17) is 16.3 Å². The summed E-state index contributed by atoms with van der Waals surface area (Å²) in [7, 11) is 0. The van der Waals surface area contributed by atoms with Crippen LogP contribution >= 0.6 is 27.5 Å². The Hall–Kier alpha value is -1.59. The molecular weight excluding hydrogens is 349 g/mol. The second kappa shape index (κ2) is 6.72. The Balaban J connectivity index is 1.97. The van der Waals surface area contributed by atoms with Crippen LogP contribution in [0.3, 0.4) is 0 Å². The molecule has 6 heteroatoms. The highest BCUT2D eigenvalue weighted by Gasteiger charge is 2.10. The van der Waals surface area contributed by atoms with E-state index in [1.165, 1.54) is 6.07 Å². The van der Waals surface area contributed by atoms with Crippen molar-refractivity contribution < 1.29 is 13.9 Å². The van der Waals surface area contributed by atoms with Crippen LogP contribution in [-0.2, 0) is 11.3 Å². The van der Waals surface area contributed by atoms with Gasteiger partial charge in [0.1, 0.15) is 12.4 Å². The summed E-state index contributed by atoms with van der Waals surface area (Å²) in [5.74, 6) is -0.502. The van der Waals surface area contributed by atoms with Crippen LogP contribution in [0, 0.1) is 5.82 Å². The minimum Gasteiger partial charge on any atom is -0.444 e. The second-order valence-electron chi connectivity index (χ2n) is 3.93. The molecule has 20 heavy (non-hydrogen) atoms. The van der Waals surface area contributed by atoms with Crippen molar-refractivity contribution >= 4 is 39.3 Å². The molecule has 0 heterocycles. The fourth-order valence-electron chi connectivity index (χ4n) is 1.49. The summed E-state index contributed by atoms with van der Waals surface area (Å²) in [6, 6.07) is 11.7. The maximum absolute atomic E-state index is 13.2. The van der Waals surface area contributed by atoms with Gasteiger partial charge in [-0.3, -0.25) is 5.32 Å². The molecular formula is C14H10BrClFNO2. The number of hydrogen-bond donors (Lipinski definition) is 1. The van der Waals surface area contributed by atoms with Gasteiger partial charge in [-0.25, -0.2) is 9.18 Å². The van der Waals surface area contributed by atoms with E-state index in [-0.39, 0.29) is 21.8 Å². The Morgan fingerprint density at radius 1 is 1.30 bits per heavy atom. The Morgan fingerprint density at radius 3 is 2.70 bits per heavy atom. The molecule has 0 spiro atoms. The zero-order chi connectivity index (χ0) is 14.5. The Bertz CT molecular complexity index is 622. The van der Waals surface area contributed by atoms with E-state index < -0.39 is 11.9 Å². The summed E-state index contributed by atoms with van der Waals surface area (Å²) in [6.07, 6.45) is -0.658. The van der Waals surface area contributed by atoms with Crippen LogP contribution in [0.2, 0.25) is 5.02 Å². The topological polar surface area (TPSA) is 38.3 Å². The van der Waals surface area contributed by atoms with Gasteiger partial charge in [-0.1, -0.05) is 41.9 Å². The SMILES string of the molecule is O=C(Nc1cc(Br)c(F)cc1Cl)OCc1ccccc1. The van der Waals surface area contributed by atoms with Gasteiger partial charge in [-0.2, -0.15) is 0 Å². The van der Waals surface area contributed by atoms with Crippen LogP contribution in [0.4, 0.5) is 14.9 Å².